The van der Waals surface area contributed by atoms with Crippen LogP contribution in [0.5, 0.6) is 5.75 Å². The Kier molecular flexibility index (Phi) is 7.02. The van der Waals surface area contributed by atoms with Crippen LogP contribution in [-0.2, 0) is 4.79 Å². The Morgan fingerprint density at radius 2 is 1.97 bits per heavy atom. The first kappa shape index (κ1) is 26.3. The van der Waals surface area contributed by atoms with Gasteiger partial charge in [0.1, 0.15) is 5.58 Å². The van der Waals surface area contributed by atoms with Gasteiger partial charge < -0.3 is 14.3 Å². The van der Waals surface area contributed by atoms with Crippen molar-refractivity contribution in [1.29, 1.82) is 0 Å². The van der Waals surface area contributed by atoms with Crippen LogP contribution < -0.4 is 10.3 Å². The molecule has 11 nitrogen and oxygen atoms in total. The van der Waals surface area contributed by atoms with Crippen LogP contribution in [0.3, 0.4) is 0 Å². The zero-order valence-corrected chi connectivity index (χ0v) is 23.0. The number of rotatable bonds is 7. The van der Waals surface area contributed by atoms with E-state index in [4.69, 9.17) is 14.3 Å². The Labute approximate surface area is 235 Å². The average molecular weight is 656 g/mol. The second-order valence-corrected chi connectivity index (χ2v) is 10.1. The fourth-order valence-corrected chi connectivity index (χ4v) is 4.73. The van der Waals surface area contributed by atoms with E-state index in [2.05, 4.69) is 41.9 Å². The van der Waals surface area contributed by atoms with Gasteiger partial charge in [-0.3, -0.25) is 14.9 Å². The summed E-state index contributed by atoms with van der Waals surface area (Å²) in [6, 6.07) is 16.6. The van der Waals surface area contributed by atoms with Crippen molar-refractivity contribution in [3.8, 4) is 17.3 Å². The van der Waals surface area contributed by atoms with Gasteiger partial charge in [-0.05, 0) is 65.3 Å². The third-order valence-corrected chi connectivity index (χ3v) is 6.74. The lowest BCUT2D eigenvalue weighted by Gasteiger charge is -2.12. The van der Waals surface area contributed by atoms with Gasteiger partial charge in [0, 0.05) is 21.5 Å². The van der Waals surface area contributed by atoms with E-state index in [1.54, 1.807) is 36.4 Å². The van der Waals surface area contributed by atoms with Crippen molar-refractivity contribution in [2.75, 3.05) is 0 Å². The monoisotopic (exact) mass is 654 g/mol. The highest BCUT2D eigenvalue weighted by molar-refractivity contribution is 9.10. The normalized spacial score (nSPS) is 12.3. The minimum atomic E-state index is -1.33. The summed E-state index contributed by atoms with van der Waals surface area (Å²) in [5.74, 6) is -1.10. The molecule has 0 saturated heterocycles. The lowest BCUT2D eigenvalue weighted by Crippen LogP contribution is -2.23. The molecule has 0 unspecified atom stereocenters. The van der Waals surface area contributed by atoms with Gasteiger partial charge in [0.25, 0.3) is 5.56 Å². The molecule has 0 spiro atoms. The van der Waals surface area contributed by atoms with Crippen LogP contribution >= 0.6 is 31.9 Å². The van der Waals surface area contributed by atoms with Crippen molar-refractivity contribution in [2.45, 2.75) is 13.0 Å². The number of halogens is 2. The number of aromatic nitrogens is 2. The number of carboxylic acids is 1. The number of hydrogen-bond donors (Lipinski definition) is 1. The fourth-order valence-electron chi connectivity index (χ4n) is 3.79. The molecule has 5 rings (SSSR count). The highest BCUT2D eigenvalue weighted by Gasteiger charge is 2.24. The van der Waals surface area contributed by atoms with E-state index in [1.807, 2.05) is 12.1 Å². The van der Waals surface area contributed by atoms with Crippen molar-refractivity contribution < 1.29 is 24.0 Å². The number of nitrogens with zero attached hydrogens (tertiary/aromatic N) is 4. The van der Waals surface area contributed by atoms with E-state index in [-0.39, 0.29) is 21.6 Å². The Hall–Kier alpha value is -4.36. The van der Waals surface area contributed by atoms with Crippen molar-refractivity contribution in [3.05, 3.63) is 95.6 Å². The zero-order chi connectivity index (χ0) is 27.8. The Bertz CT molecular complexity index is 1880. The second kappa shape index (κ2) is 10.4. The molecule has 196 valence electrons. The summed E-state index contributed by atoms with van der Waals surface area (Å²) in [5, 5.41) is 26.3. The van der Waals surface area contributed by atoms with Crippen molar-refractivity contribution in [1.82, 2.24) is 9.66 Å². The molecule has 39 heavy (non-hydrogen) atoms. The predicted octanol–water partition coefficient (Wildman–Crippen LogP) is 5.98. The minimum Gasteiger partial charge on any atom is -0.479 e. The summed E-state index contributed by atoms with van der Waals surface area (Å²) in [4.78, 5) is 40.3. The van der Waals surface area contributed by atoms with Crippen LogP contribution in [0.1, 0.15) is 12.5 Å². The van der Waals surface area contributed by atoms with E-state index in [1.165, 1.54) is 19.2 Å². The number of nitro benzene ring substituents is 1. The van der Waals surface area contributed by atoms with E-state index >= 15 is 0 Å². The van der Waals surface area contributed by atoms with Gasteiger partial charge in [0.05, 0.1) is 26.5 Å². The fraction of sp³-hybridized carbons (Fsp3) is 0.0769. The second-order valence-electron chi connectivity index (χ2n) is 8.31. The first-order valence-corrected chi connectivity index (χ1v) is 12.8. The number of furan rings is 1. The first-order valence-electron chi connectivity index (χ1n) is 11.3. The van der Waals surface area contributed by atoms with E-state index in [0.29, 0.717) is 22.2 Å². The summed E-state index contributed by atoms with van der Waals surface area (Å²) in [6.07, 6.45) is -0.0725. The molecular weight excluding hydrogens is 640 g/mol. The van der Waals surface area contributed by atoms with Gasteiger partial charge in [-0.25, -0.2) is 9.78 Å². The van der Waals surface area contributed by atoms with Gasteiger partial charge in [-0.1, -0.05) is 28.1 Å². The Morgan fingerprint density at radius 1 is 1.21 bits per heavy atom. The van der Waals surface area contributed by atoms with Crippen LogP contribution in [0.15, 0.2) is 83.9 Å². The Morgan fingerprint density at radius 3 is 2.72 bits per heavy atom. The third-order valence-electron chi connectivity index (χ3n) is 5.66. The van der Waals surface area contributed by atoms with Crippen LogP contribution in [0.4, 0.5) is 5.69 Å². The number of benzene rings is 3. The summed E-state index contributed by atoms with van der Waals surface area (Å²) in [6.45, 7) is 1.26. The molecule has 2 heterocycles. The lowest BCUT2D eigenvalue weighted by molar-refractivity contribution is -0.386. The maximum Gasteiger partial charge on any atom is 0.344 e. The molecule has 3 aromatic carbocycles. The minimum absolute atomic E-state index is 0.131. The van der Waals surface area contributed by atoms with Crippen molar-refractivity contribution >= 4 is 71.6 Å². The van der Waals surface area contributed by atoms with Crippen LogP contribution in [0.25, 0.3) is 33.5 Å². The topological polar surface area (TPSA) is 150 Å². The van der Waals surface area contributed by atoms with Gasteiger partial charge in [0.2, 0.25) is 11.6 Å². The Balaban J connectivity index is 1.65. The molecule has 1 N–H and O–H groups in total. The standard InChI is InChI=1S/C26H16Br2N4O7/c1-13(26(34)35)38-23-18(28)8-14(9-20(23)32(36)37)12-29-31-24(30-19-5-3-2-4-17(19)25(31)33)22-11-15-10-16(27)6-7-21(15)39-22/h2-13H,1H3,(H,34,35)/t13-/m0/s1. The van der Waals surface area contributed by atoms with Gasteiger partial charge in [-0.2, -0.15) is 9.78 Å². The molecule has 0 aliphatic carbocycles. The highest BCUT2D eigenvalue weighted by Crippen LogP contribution is 2.37. The molecule has 0 saturated carbocycles. The molecule has 2 aromatic heterocycles. The number of para-hydroxylation sites is 1. The summed E-state index contributed by atoms with van der Waals surface area (Å²) >= 11 is 6.64. The number of fused-ring (bicyclic) bond motifs is 2. The molecule has 0 amide bonds. The molecule has 0 radical (unpaired) electrons. The summed E-state index contributed by atoms with van der Waals surface area (Å²) in [7, 11) is 0. The van der Waals surface area contributed by atoms with Crippen LogP contribution in [-0.4, -0.2) is 38.0 Å². The molecular formula is C26H16Br2N4O7. The third kappa shape index (κ3) is 5.18. The number of aliphatic carboxylic acids is 1. The molecule has 0 bridgehead atoms. The largest absolute Gasteiger partial charge is 0.479 e. The predicted molar refractivity (Wildman–Crippen MR) is 150 cm³/mol. The maximum absolute atomic E-state index is 13.5. The van der Waals surface area contributed by atoms with Crippen LogP contribution in [0, 0.1) is 10.1 Å². The van der Waals surface area contributed by atoms with E-state index in [0.717, 1.165) is 20.6 Å². The number of carbonyl (C=O) groups is 1. The van der Waals surface area contributed by atoms with Crippen LogP contribution in [0.2, 0.25) is 0 Å². The molecule has 13 heteroatoms. The highest BCUT2D eigenvalue weighted by atomic mass is 79.9. The van der Waals surface area contributed by atoms with Gasteiger partial charge in [0.15, 0.2) is 11.9 Å². The van der Waals surface area contributed by atoms with Crippen molar-refractivity contribution in [2.24, 2.45) is 5.10 Å². The number of hydrogen-bond acceptors (Lipinski definition) is 8. The number of carboxylic acid groups (broad SMARTS) is 1. The van der Waals surface area contributed by atoms with Gasteiger partial charge in [-0.15, -0.1) is 0 Å². The molecule has 0 aliphatic heterocycles. The SMILES string of the molecule is C[C@H](Oc1c(Br)cc(C=Nn2c(-c3cc4cc(Br)ccc4o3)nc3ccccc3c2=O)cc1[N+](=O)[O-])C(=O)O. The first-order chi connectivity index (χ1) is 18.6. The molecule has 0 aliphatic rings. The number of nitro groups is 1. The van der Waals surface area contributed by atoms with E-state index < -0.39 is 28.2 Å². The zero-order valence-electron chi connectivity index (χ0n) is 19.9. The maximum atomic E-state index is 13.5. The molecule has 1 atom stereocenters. The lowest BCUT2D eigenvalue weighted by atomic mass is 10.2. The van der Waals surface area contributed by atoms with Gasteiger partial charge >= 0.3 is 11.7 Å². The van der Waals surface area contributed by atoms with E-state index in [9.17, 15) is 19.7 Å². The summed E-state index contributed by atoms with van der Waals surface area (Å²) in [5.41, 5.74) is 0.307. The smallest absolute Gasteiger partial charge is 0.344 e. The average Bonchev–Trinajstić information content (AvgIpc) is 3.32. The molecule has 0 fully saturated rings. The molecule has 5 aromatic rings. The summed E-state index contributed by atoms with van der Waals surface area (Å²) < 4.78 is 13.3. The quantitative estimate of drug-likeness (QED) is 0.128. The van der Waals surface area contributed by atoms with Crippen molar-refractivity contribution in [3.63, 3.8) is 0 Å². The number of ether oxygens (including phenoxy) is 1.